The largest absolute Gasteiger partial charge is 0.326 e. The highest BCUT2D eigenvalue weighted by Gasteiger charge is 2.15. The first-order valence-electron chi connectivity index (χ1n) is 9.90. The fourth-order valence-corrected chi connectivity index (χ4v) is 4.05. The number of benzene rings is 1. The number of anilines is 1. The van der Waals surface area contributed by atoms with Gasteiger partial charge in [0.05, 0.1) is 5.69 Å². The van der Waals surface area contributed by atoms with Crippen LogP contribution in [0.3, 0.4) is 0 Å². The minimum Gasteiger partial charge on any atom is -0.326 e. The van der Waals surface area contributed by atoms with Gasteiger partial charge in [-0.3, -0.25) is 9.20 Å². The van der Waals surface area contributed by atoms with E-state index in [-0.39, 0.29) is 5.91 Å². The second-order valence-corrected chi connectivity index (χ2v) is 7.51. The van der Waals surface area contributed by atoms with Gasteiger partial charge in [0.2, 0.25) is 11.7 Å². The minimum atomic E-state index is 0.103. The maximum Gasteiger partial charge on any atom is 0.234 e. The lowest BCUT2D eigenvalue weighted by atomic mass is 9.86. The fraction of sp³-hybridized carbons (Fsp3) is 0.409. The summed E-state index contributed by atoms with van der Waals surface area (Å²) in [6, 6.07) is 9.81. The van der Waals surface area contributed by atoms with Crippen molar-refractivity contribution in [3.05, 3.63) is 48.4 Å². The van der Waals surface area contributed by atoms with E-state index in [4.69, 9.17) is 0 Å². The van der Waals surface area contributed by atoms with E-state index in [1.807, 2.05) is 47.9 Å². The molecule has 0 bridgehead atoms. The molecule has 1 N–H and O–H groups in total. The summed E-state index contributed by atoms with van der Waals surface area (Å²) in [6.07, 6.45) is 11.9. The molecule has 0 saturated heterocycles. The van der Waals surface area contributed by atoms with Crippen LogP contribution in [-0.2, 0) is 4.79 Å². The summed E-state index contributed by atoms with van der Waals surface area (Å²) in [6.45, 7) is 2.03. The van der Waals surface area contributed by atoms with Gasteiger partial charge in [-0.25, -0.2) is 9.97 Å². The van der Waals surface area contributed by atoms with Crippen molar-refractivity contribution in [2.24, 2.45) is 5.92 Å². The number of hydrogen-bond donors (Lipinski definition) is 1. The Morgan fingerprint density at radius 3 is 2.89 bits per heavy atom. The van der Waals surface area contributed by atoms with E-state index < -0.39 is 0 Å². The minimum absolute atomic E-state index is 0.103. The molecule has 0 atom stereocenters. The zero-order valence-corrected chi connectivity index (χ0v) is 15.8. The summed E-state index contributed by atoms with van der Waals surface area (Å²) in [5.41, 5.74) is 3.75. The Kier molecular flexibility index (Phi) is 5.19. The molecule has 1 aromatic carbocycles. The Labute approximate surface area is 159 Å². The van der Waals surface area contributed by atoms with Gasteiger partial charge < -0.3 is 5.32 Å². The van der Waals surface area contributed by atoms with Crippen LogP contribution >= 0.6 is 0 Å². The van der Waals surface area contributed by atoms with Crippen LogP contribution < -0.4 is 5.32 Å². The number of nitrogens with zero attached hydrogens (tertiary/aromatic N) is 3. The second kappa shape index (κ2) is 7.91. The van der Waals surface area contributed by atoms with Crippen LogP contribution in [0.4, 0.5) is 5.69 Å². The SMILES string of the molecule is Cc1c(-c2cccc(NC(=O)CCC3CCCCC3)c2)nc2ncccn12. The maximum atomic E-state index is 12.4. The molecule has 5 nitrogen and oxygen atoms in total. The highest BCUT2D eigenvalue weighted by molar-refractivity contribution is 5.91. The van der Waals surface area contributed by atoms with E-state index in [9.17, 15) is 4.79 Å². The predicted molar refractivity (Wildman–Crippen MR) is 108 cm³/mol. The van der Waals surface area contributed by atoms with Gasteiger partial charge in [0, 0.05) is 35.8 Å². The molecule has 3 aromatic rings. The van der Waals surface area contributed by atoms with E-state index in [2.05, 4.69) is 15.3 Å². The lowest BCUT2D eigenvalue weighted by Gasteiger charge is -2.21. The predicted octanol–water partition coefficient (Wildman–Crippen LogP) is 5.00. The number of nitrogens with one attached hydrogen (secondary N) is 1. The molecule has 0 unspecified atom stereocenters. The molecule has 2 aromatic heterocycles. The smallest absolute Gasteiger partial charge is 0.234 e. The van der Waals surface area contributed by atoms with Crippen LogP contribution in [0.1, 0.15) is 50.6 Å². The molecule has 2 heterocycles. The van der Waals surface area contributed by atoms with Gasteiger partial charge in [-0.05, 0) is 37.5 Å². The first kappa shape index (κ1) is 17.7. The van der Waals surface area contributed by atoms with Crippen molar-refractivity contribution in [1.82, 2.24) is 14.4 Å². The van der Waals surface area contributed by atoms with Crippen molar-refractivity contribution in [3.63, 3.8) is 0 Å². The third-order valence-electron chi connectivity index (χ3n) is 5.57. The number of aryl methyl sites for hydroxylation is 1. The monoisotopic (exact) mass is 362 g/mol. The zero-order valence-electron chi connectivity index (χ0n) is 15.8. The Morgan fingerprint density at radius 1 is 1.22 bits per heavy atom. The van der Waals surface area contributed by atoms with Gasteiger partial charge >= 0.3 is 0 Å². The number of amides is 1. The number of aromatic nitrogens is 3. The number of carbonyl (C=O) groups is 1. The van der Waals surface area contributed by atoms with Crippen LogP contribution in [0.25, 0.3) is 17.0 Å². The van der Waals surface area contributed by atoms with Gasteiger partial charge in [-0.15, -0.1) is 0 Å². The van der Waals surface area contributed by atoms with E-state index in [1.54, 1.807) is 6.20 Å². The molecule has 1 aliphatic carbocycles. The average molecular weight is 362 g/mol. The topological polar surface area (TPSA) is 59.3 Å². The van der Waals surface area contributed by atoms with Crippen LogP contribution in [0.5, 0.6) is 0 Å². The molecule has 27 heavy (non-hydrogen) atoms. The number of rotatable bonds is 5. The van der Waals surface area contributed by atoms with Crippen LogP contribution in [0.15, 0.2) is 42.7 Å². The lowest BCUT2D eigenvalue weighted by molar-refractivity contribution is -0.116. The van der Waals surface area contributed by atoms with Gasteiger partial charge in [-0.2, -0.15) is 0 Å². The highest BCUT2D eigenvalue weighted by Crippen LogP contribution is 2.28. The van der Waals surface area contributed by atoms with E-state index in [0.717, 1.165) is 35.0 Å². The highest BCUT2D eigenvalue weighted by atomic mass is 16.1. The third kappa shape index (κ3) is 4.02. The van der Waals surface area contributed by atoms with E-state index in [1.165, 1.54) is 32.1 Å². The molecule has 0 aliphatic heterocycles. The molecular formula is C22H26N4O. The summed E-state index contributed by atoms with van der Waals surface area (Å²) in [4.78, 5) is 21.3. The summed E-state index contributed by atoms with van der Waals surface area (Å²) in [5.74, 6) is 1.52. The summed E-state index contributed by atoms with van der Waals surface area (Å²) < 4.78 is 1.98. The molecule has 5 heteroatoms. The molecule has 0 radical (unpaired) electrons. The standard InChI is InChI=1S/C22H26N4O/c1-16-21(25-22-23-13-6-14-26(16)22)18-9-5-10-19(15-18)24-20(27)12-11-17-7-3-2-4-8-17/h5-6,9-10,13-15,17H,2-4,7-8,11-12H2,1H3,(H,24,27). The van der Waals surface area contributed by atoms with Crippen molar-refractivity contribution in [2.45, 2.75) is 51.9 Å². The molecule has 1 amide bonds. The fourth-order valence-electron chi connectivity index (χ4n) is 4.05. The van der Waals surface area contributed by atoms with Crippen LogP contribution in [0.2, 0.25) is 0 Å². The molecule has 1 saturated carbocycles. The van der Waals surface area contributed by atoms with Crippen molar-refractivity contribution >= 4 is 17.4 Å². The van der Waals surface area contributed by atoms with Crippen LogP contribution in [0, 0.1) is 12.8 Å². The molecule has 1 aliphatic rings. The molecule has 140 valence electrons. The lowest BCUT2D eigenvalue weighted by Crippen LogP contribution is -2.14. The number of imidazole rings is 1. The number of fused-ring (bicyclic) bond motifs is 1. The normalized spacial score (nSPS) is 15.1. The second-order valence-electron chi connectivity index (χ2n) is 7.51. The van der Waals surface area contributed by atoms with Crippen molar-refractivity contribution in [1.29, 1.82) is 0 Å². The Morgan fingerprint density at radius 2 is 2.07 bits per heavy atom. The Balaban J connectivity index is 1.45. The van der Waals surface area contributed by atoms with E-state index >= 15 is 0 Å². The number of carbonyl (C=O) groups excluding carboxylic acids is 1. The Hall–Kier alpha value is -2.69. The van der Waals surface area contributed by atoms with Crippen molar-refractivity contribution in [2.75, 3.05) is 5.32 Å². The zero-order chi connectivity index (χ0) is 18.6. The van der Waals surface area contributed by atoms with Gasteiger partial charge in [0.15, 0.2) is 0 Å². The summed E-state index contributed by atoms with van der Waals surface area (Å²) >= 11 is 0. The summed E-state index contributed by atoms with van der Waals surface area (Å²) in [5, 5.41) is 3.06. The van der Waals surface area contributed by atoms with E-state index in [0.29, 0.717) is 12.2 Å². The first-order valence-corrected chi connectivity index (χ1v) is 9.90. The third-order valence-corrected chi connectivity index (χ3v) is 5.57. The van der Waals surface area contributed by atoms with Gasteiger partial charge in [0.25, 0.3) is 0 Å². The average Bonchev–Trinajstić information content (AvgIpc) is 3.04. The molecular weight excluding hydrogens is 336 g/mol. The molecule has 1 fully saturated rings. The van der Waals surface area contributed by atoms with Crippen molar-refractivity contribution < 1.29 is 4.79 Å². The Bertz CT molecular complexity index is 940. The van der Waals surface area contributed by atoms with Crippen LogP contribution in [-0.4, -0.2) is 20.3 Å². The molecule has 4 rings (SSSR count). The van der Waals surface area contributed by atoms with Gasteiger partial charge in [0.1, 0.15) is 0 Å². The van der Waals surface area contributed by atoms with Crippen molar-refractivity contribution in [3.8, 4) is 11.3 Å². The first-order chi connectivity index (χ1) is 13.2. The van der Waals surface area contributed by atoms with Gasteiger partial charge in [-0.1, -0.05) is 44.2 Å². The maximum absolute atomic E-state index is 12.4. The molecule has 0 spiro atoms. The quantitative estimate of drug-likeness (QED) is 0.694. The summed E-state index contributed by atoms with van der Waals surface area (Å²) in [7, 11) is 0. The number of hydrogen-bond acceptors (Lipinski definition) is 3.